The van der Waals surface area contributed by atoms with Crippen LogP contribution in [0, 0.1) is 0 Å². The van der Waals surface area contributed by atoms with Crippen molar-refractivity contribution in [3.8, 4) is 0 Å². The summed E-state index contributed by atoms with van der Waals surface area (Å²) in [4.78, 5) is 22.9. The maximum Gasteiger partial charge on any atom is 0.351 e. The van der Waals surface area contributed by atoms with Gasteiger partial charge in [0.2, 0.25) is 0 Å². The molecule has 0 radical (unpaired) electrons. The van der Waals surface area contributed by atoms with Crippen molar-refractivity contribution >= 4 is 11.9 Å². The highest BCUT2D eigenvalue weighted by atomic mass is 16.7. The first-order valence-electron chi connectivity index (χ1n) is 6.24. The summed E-state index contributed by atoms with van der Waals surface area (Å²) in [6.07, 6.45) is 4.60. The normalized spacial score (nSPS) is 26.6. The van der Waals surface area contributed by atoms with E-state index in [-0.39, 0.29) is 6.61 Å². The lowest BCUT2D eigenvalue weighted by molar-refractivity contribution is -0.153. The van der Waals surface area contributed by atoms with Crippen LogP contribution in [0.15, 0.2) is 0 Å². The number of hydrogen-bond donors (Lipinski definition) is 1. The number of epoxide rings is 1. The van der Waals surface area contributed by atoms with Crippen LogP contribution in [0.4, 0.5) is 0 Å². The topological polar surface area (TPSA) is 81.9 Å². The monoisotopic (exact) mass is 243 g/mol. The molecule has 1 aliphatic heterocycles. The molecule has 5 nitrogen and oxygen atoms in total. The minimum absolute atomic E-state index is 0.222. The van der Waals surface area contributed by atoms with Crippen LogP contribution in [-0.4, -0.2) is 30.2 Å². The van der Waals surface area contributed by atoms with Crippen molar-refractivity contribution in [3.63, 3.8) is 0 Å². The third kappa shape index (κ3) is 2.97. The fraction of sp³-hybridized carbons (Fsp3) is 0.833. The Labute approximate surface area is 102 Å². The number of hydrogen-bond acceptors (Lipinski definition) is 4. The van der Waals surface area contributed by atoms with E-state index in [2.05, 4.69) is 6.92 Å². The Hall–Kier alpha value is -1.10. The van der Waals surface area contributed by atoms with E-state index in [4.69, 9.17) is 15.2 Å². The highest BCUT2D eigenvalue weighted by Crippen LogP contribution is 2.41. The average molecular weight is 243 g/mol. The van der Waals surface area contributed by atoms with Gasteiger partial charge in [-0.15, -0.1) is 0 Å². The molecule has 0 bridgehead atoms. The fourth-order valence-corrected chi connectivity index (χ4v) is 1.94. The van der Waals surface area contributed by atoms with E-state index in [0.717, 1.165) is 25.7 Å². The summed E-state index contributed by atoms with van der Waals surface area (Å²) in [6, 6.07) is 0. The predicted molar refractivity (Wildman–Crippen MR) is 62.2 cm³/mol. The average Bonchev–Trinajstić information content (AvgIpc) is 3.01. The predicted octanol–water partition coefficient (Wildman–Crippen LogP) is 1.14. The second-order valence-corrected chi connectivity index (χ2v) is 4.28. The SMILES string of the molecule is CCCCCC[C@H]1O[C@@]1(C(N)=O)C(=O)OCC. The molecule has 0 saturated carbocycles. The number of primary amides is 1. The van der Waals surface area contributed by atoms with Crippen LogP contribution in [0.25, 0.3) is 0 Å². The van der Waals surface area contributed by atoms with E-state index >= 15 is 0 Å². The van der Waals surface area contributed by atoms with E-state index in [9.17, 15) is 9.59 Å². The zero-order valence-electron chi connectivity index (χ0n) is 10.5. The number of ether oxygens (including phenoxy) is 2. The molecule has 1 rings (SSSR count). The van der Waals surface area contributed by atoms with Crippen LogP contribution >= 0.6 is 0 Å². The molecule has 98 valence electrons. The van der Waals surface area contributed by atoms with Crippen molar-refractivity contribution in [1.29, 1.82) is 0 Å². The van der Waals surface area contributed by atoms with Crippen molar-refractivity contribution in [2.75, 3.05) is 6.61 Å². The molecule has 2 atom stereocenters. The van der Waals surface area contributed by atoms with E-state index in [1.165, 1.54) is 0 Å². The summed E-state index contributed by atoms with van der Waals surface area (Å²) < 4.78 is 10.0. The molecule has 0 aromatic carbocycles. The lowest BCUT2D eigenvalue weighted by atomic mass is 10.00. The molecular weight excluding hydrogens is 222 g/mol. The second-order valence-electron chi connectivity index (χ2n) is 4.28. The van der Waals surface area contributed by atoms with Gasteiger partial charge in [-0.1, -0.05) is 32.6 Å². The molecule has 1 heterocycles. The highest BCUT2D eigenvalue weighted by molar-refractivity contribution is 6.09. The Bertz CT molecular complexity index is 292. The lowest BCUT2D eigenvalue weighted by Crippen LogP contribution is -2.43. The van der Waals surface area contributed by atoms with Crippen molar-refractivity contribution in [1.82, 2.24) is 0 Å². The van der Waals surface area contributed by atoms with Gasteiger partial charge in [0, 0.05) is 0 Å². The maximum absolute atomic E-state index is 11.6. The van der Waals surface area contributed by atoms with Gasteiger partial charge in [-0.3, -0.25) is 4.79 Å². The molecule has 1 aliphatic rings. The molecule has 2 N–H and O–H groups in total. The largest absolute Gasteiger partial charge is 0.463 e. The second kappa shape index (κ2) is 6.00. The summed E-state index contributed by atoms with van der Waals surface area (Å²) in [7, 11) is 0. The summed E-state index contributed by atoms with van der Waals surface area (Å²) in [5.41, 5.74) is 3.72. The van der Waals surface area contributed by atoms with Gasteiger partial charge in [0.1, 0.15) is 6.10 Å². The zero-order chi connectivity index (χ0) is 12.9. The van der Waals surface area contributed by atoms with Gasteiger partial charge in [0.25, 0.3) is 11.5 Å². The first-order valence-corrected chi connectivity index (χ1v) is 6.24. The van der Waals surface area contributed by atoms with Gasteiger partial charge in [-0.2, -0.15) is 0 Å². The third-order valence-electron chi connectivity index (χ3n) is 2.99. The van der Waals surface area contributed by atoms with Gasteiger partial charge in [0.05, 0.1) is 6.61 Å². The zero-order valence-corrected chi connectivity index (χ0v) is 10.5. The highest BCUT2D eigenvalue weighted by Gasteiger charge is 2.68. The smallest absolute Gasteiger partial charge is 0.351 e. The van der Waals surface area contributed by atoms with Crippen LogP contribution in [0.2, 0.25) is 0 Å². The van der Waals surface area contributed by atoms with Crippen LogP contribution in [0.3, 0.4) is 0 Å². The molecule has 1 amide bonds. The van der Waals surface area contributed by atoms with Gasteiger partial charge in [-0.25, -0.2) is 4.79 Å². The molecular formula is C12H21NO4. The van der Waals surface area contributed by atoms with Gasteiger partial charge in [-0.05, 0) is 13.3 Å². The molecule has 1 saturated heterocycles. The van der Waals surface area contributed by atoms with E-state index in [1.54, 1.807) is 6.92 Å². The Morgan fingerprint density at radius 3 is 2.53 bits per heavy atom. The molecule has 1 fully saturated rings. The summed E-state index contributed by atoms with van der Waals surface area (Å²) >= 11 is 0. The number of nitrogens with two attached hydrogens (primary N) is 1. The lowest BCUT2D eigenvalue weighted by Gasteiger charge is -2.07. The number of esters is 1. The first-order chi connectivity index (χ1) is 8.09. The van der Waals surface area contributed by atoms with Crippen LogP contribution in [-0.2, 0) is 19.1 Å². The van der Waals surface area contributed by atoms with E-state index < -0.39 is 23.6 Å². The fourth-order valence-electron chi connectivity index (χ4n) is 1.94. The number of amides is 1. The Balaban J connectivity index is 2.44. The van der Waals surface area contributed by atoms with Gasteiger partial charge >= 0.3 is 5.97 Å². The summed E-state index contributed by atoms with van der Waals surface area (Å²) in [5, 5.41) is 0. The minimum atomic E-state index is -1.50. The van der Waals surface area contributed by atoms with Crippen LogP contribution in [0.1, 0.15) is 46.0 Å². The van der Waals surface area contributed by atoms with E-state index in [1.807, 2.05) is 0 Å². The summed E-state index contributed by atoms with van der Waals surface area (Å²) in [6.45, 7) is 4.03. The molecule has 0 aromatic heterocycles. The molecule has 17 heavy (non-hydrogen) atoms. The van der Waals surface area contributed by atoms with Gasteiger partial charge in [0.15, 0.2) is 0 Å². The van der Waals surface area contributed by atoms with Gasteiger partial charge < -0.3 is 15.2 Å². The van der Waals surface area contributed by atoms with Crippen molar-refractivity contribution in [2.24, 2.45) is 5.73 Å². The number of carbonyl (C=O) groups excluding carboxylic acids is 2. The van der Waals surface area contributed by atoms with E-state index in [0.29, 0.717) is 6.42 Å². The van der Waals surface area contributed by atoms with Crippen molar-refractivity contribution in [3.05, 3.63) is 0 Å². The Kier molecular flexibility index (Phi) is 4.93. The molecule has 0 aromatic rings. The number of rotatable bonds is 8. The standard InChI is InChI=1S/C12H21NO4/c1-3-5-6-7-8-9-12(17-9,10(13)14)11(15)16-4-2/h9H,3-8H2,1-2H3,(H2,13,14)/t9-,12+/m1/s1. The molecule has 0 spiro atoms. The quantitative estimate of drug-likeness (QED) is 0.300. The van der Waals surface area contributed by atoms with Crippen molar-refractivity contribution < 1.29 is 19.1 Å². The summed E-state index contributed by atoms with van der Waals surface area (Å²) in [5.74, 6) is -1.38. The van der Waals surface area contributed by atoms with Crippen LogP contribution < -0.4 is 5.73 Å². The molecule has 0 unspecified atom stereocenters. The number of unbranched alkanes of at least 4 members (excludes halogenated alkanes) is 3. The first kappa shape index (κ1) is 14.0. The number of carbonyl (C=O) groups is 2. The Morgan fingerprint density at radius 1 is 1.29 bits per heavy atom. The minimum Gasteiger partial charge on any atom is -0.463 e. The molecule has 5 heteroatoms. The third-order valence-corrected chi connectivity index (χ3v) is 2.99. The van der Waals surface area contributed by atoms with Crippen LogP contribution in [0.5, 0.6) is 0 Å². The maximum atomic E-state index is 11.6. The Morgan fingerprint density at radius 2 is 2.00 bits per heavy atom. The van der Waals surface area contributed by atoms with Crippen molar-refractivity contribution in [2.45, 2.75) is 57.7 Å². The molecule has 0 aliphatic carbocycles.